The SMILES string of the molecule is COc1ccc(Cc2nnc(SCC(=O)NCCC3=CCCCC3)n2-c2ccc(Oc3ccccc3)cc2)cc1OC. The van der Waals surface area contributed by atoms with E-state index in [-0.39, 0.29) is 11.7 Å². The summed E-state index contributed by atoms with van der Waals surface area (Å²) in [5.41, 5.74) is 3.33. The van der Waals surface area contributed by atoms with Gasteiger partial charge in [0.2, 0.25) is 5.91 Å². The number of thioether (sulfide) groups is 1. The zero-order valence-corrected chi connectivity index (χ0v) is 24.9. The highest BCUT2D eigenvalue weighted by Crippen LogP contribution is 2.30. The van der Waals surface area contributed by atoms with E-state index in [0.29, 0.717) is 29.6 Å². The van der Waals surface area contributed by atoms with Crippen LogP contribution in [0.3, 0.4) is 0 Å². The molecule has 4 aromatic rings. The molecular formula is C33H36N4O4S. The van der Waals surface area contributed by atoms with Gasteiger partial charge in [0.15, 0.2) is 16.7 Å². The van der Waals surface area contributed by atoms with E-state index in [2.05, 4.69) is 21.6 Å². The van der Waals surface area contributed by atoms with E-state index in [0.717, 1.165) is 47.8 Å². The number of hydrogen-bond donors (Lipinski definition) is 1. The van der Waals surface area contributed by atoms with Crippen molar-refractivity contribution in [2.45, 2.75) is 43.7 Å². The number of amides is 1. The first-order valence-corrected chi connectivity index (χ1v) is 15.2. The molecule has 8 nitrogen and oxygen atoms in total. The Hall–Kier alpha value is -4.24. The lowest BCUT2D eigenvalue weighted by Gasteiger charge is -2.14. The predicted octanol–water partition coefficient (Wildman–Crippen LogP) is 6.77. The van der Waals surface area contributed by atoms with E-state index < -0.39 is 0 Å². The van der Waals surface area contributed by atoms with Crippen LogP contribution in [0.1, 0.15) is 43.5 Å². The van der Waals surface area contributed by atoms with Gasteiger partial charge >= 0.3 is 0 Å². The molecule has 0 saturated carbocycles. The molecule has 1 aliphatic rings. The van der Waals surface area contributed by atoms with E-state index in [4.69, 9.17) is 14.2 Å². The number of benzene rings is 3. The molecule has 1 aliphatic carbocycles. The summed E-state index contributed by atoms with van der Waals surface area (Å²) in [7, 11) is 3.24. The van der Waals surface area contributed by atoms with Crippen LogP contribution >= 0.6 is 11.8 Å². The lowest BCUT2D eigenvalue weighted by molar-refractivity contribution is -0.118. The van der Waals surface area contributed by atoms with E-state index in [9.17, 15) is 4.79 Å². The monoisotopic (exact) mass is 584 g/mol. The third-order valence-corrected chi connectivity index (χ3v) is 8.00. The first-order chi connectivity index (χ1) is 20.6. The van der Waals surface area contributed by atoms with Gasteiger partial charge in [-0.3, -0.25) is 9.36 Å². The van der Waals surface area contributed by atoms with Crippen molar-refractivity contribution in [3.63, 3.8) is 0 Å². The summed E-state index contributed by atoms with van der Waals surface area (Å²) in [6.07, 6.45) is 8.56. The molecule has 0 atom stereocenters. The maximum atomic E-state index is 12.7. The van der Waals surface area contributed by atoms with E-state index >= 15 is 0 Å². The number of ether oxygens (including phenoxy) is 3. The zero-order valence-electron chi connectivity index (χ0n) is 24.0. The van der Waals surface area contributed by atoms with Crippen molar-refractivity contribution in [1.82, 2.24) is 20.1 Å². The van der Waals surface area contributed by atoms with Gasteiger partial charge in [-0.05, 0) is 86.2 Å². The number of carbonyl (C=O) groups is 1. The highest BCUT2D eigenvalue weighted by atomic mass is 32.2. The van der Waals surface area contributed by atoms with Crippen molar-refractivity contribution in [2.24, 2.45) is 0 Å². The lowest BCUT2D eigenvalue weighted by Crippen LogP contribution is -2.26. The zero-order chi connectivity index (χ0) is 29.1. The minimum atomic E-state index is -0.0148. The maximum absolute atomic E-state index is 12.7. The van der Waals surface area contributed by atoms with Gasteiger partial charge in [-0.1, -0.05) is 47.7 Å². The Labute approximate surface area is 251 Å². The molecular weight excluding hydrogens is 548 g/mol. The Bertz CT molecular complexity index is 1500. The molecule has 42 heavy (non-hydrogen) atoms. The fourth-order valence-corrected chi connectivity index (χ4v) is 5.70. The fourth-order valence-electron chi connectivity index (χ4n) is 4.90. The summed E-state index contributed by atoms with van der Waals surface area (Å²) in [5, 5.41) is 12.7. The standard InChI is InChI=1S/C33H36N4O4S/c1-39-29-18-13-25(21-30(29)40-2)22-31-35-36-33(42-23-32(38)34-20-19-24-9-5-3-6-10-24)37(31)26-14-16-28(17-15-26)41-27-11-7-4-8-12-27/h4,7-9,11-18,21H,3,5-6,10,19-20,22-23H2,1-2H3,(H,34,38). The molecule has 0 aliphatic heterocycles. The molecule has 9 heteroatoms. The molecule has 0 fully saturated rings. The van der Waals surface area contributed by atoms with Gasteiger partial charge in [-0.15, -0.1) is 10.2 Å². The van der Waals surface area contributed by atoms with Gasteiger partial charge in [0.05, 0.1) is 20.0 Å². The molecule has 0 radical (unpaired) electrons. The van der Waals surface area contributed by atoms with E-state index in [1.165, 1.54) is 30.2 Å². The molecule has 5 rings (SSSR count). The van der Waals surface area contributed by atoms with Crippen LogP contribution in [0.5, 0.6) is 23.0 Å². The Morgan fingerprint density at radius 3 is 2.45 bits per heavy atom. The summed E-state index contributed by atoms with van der Waals surface area (Å²) >= 11 is 1.37. The van der Waals surface area contributed by atoms with Crippen LogP contribution in [0.15, 0.2) is 89.6 Å². The third kappa shape index (κ3) is 7.73. The van der Waals surface area contributed by atoms with Gasteiger partial charge in [0, 0.05) is 18.7 Å². The van der Waals surface area contributed by atoms with Gasteiger partial charge < -0.3 is 19.5 Å². The van der Waals surface area contributed by atoms with Gasteiger partial charge in [0.25, 0.3) is 0 Å². The van der Waals surface area contributed by atoms with Gasteiger partial charge in [-0.2, -0.15) is 0 Å². The fraction of sp³-hybridized carbons (Fsp3) is 0.303. The largest absolute Gasteiger partial charge is 0.493 e. The highest BCUT2D eigenvalue weighted by molar-refractivity contribution is 7.99. The third-order valence-electron chi connectivity index (χ3n) is 7.07. The highest BCUT2D eigenvalue weighted by Gasteiger charge is 2.18. The molecule has 0 spiro atoms. The first kappa shape index (κ1) is 29.3. The number of hydrogen-bond acceptors (Lipinski definition) is 7. The summed E-state index contributed by atoms with van der Waals surface area (Å²) in [5.74, 6) is 3.79. The van der Waals surface area contributed by atoms with Crippen LogP contribution in [0.4, 0.5) is 0 Å². The van der Waals surface area contributed by atoms with Crippen molar-refractivity contribution in [3.8, 4) is 28.7 Å². The molecule has 0 saturated heterocycles. The molecule has 0 bridgehead atoms. The number of allylic oxidation sites excluding steroid dienone is 1. The molecule has 1 aromatic heterocycles. The van der Waals surface area contributed by atoms with E-state index in [1.807, 2.05) is 77.4 Å². The molecule has 1 heterocycles. The van der Waals surface area contributed by atoms with Gasteiger partial charge in [-0.25, -0.2) is 0 Å². The Morgan fingerprint density at radius 1 is 0.929 bits per heavy atom. The molecule has 1 N–H and O–H groups in total. The average Bonchev–Trinajstić information content (AvgIpc) is 3.43. The van der Waals surface area contributed by atoms with Crippen LogP contribution in [0.2, 0.25) is 0 Å². The topological polar surface area (TPSA) is 87.5 Å². The first-order valence-electron chi connectivity index (χ1n) is 14.2. The minimum Gasteiger partial charge on any atom is -0.493 e. The average molecular weight is 585 g/mol. The second kappa shape index (κ2) is 14.6. The number of aromatic nitrogens is 3. The quantitative estimate of drug-likeness (QED) is 0.137. The lowest BCUT2D eigenvalue weighted by atomic mass is 9.97. The van der Waals surface area contributed by atoms with Crippen molar-refractivity contribution in [2.75, 3.05) is 26.5 Å². The number of nitrogens with zero attached hydrogens (tertiary/aromatic N) is 3. The Balaban J connectivity index is 1.33. The van der Waals surface area contributed by atoms with Crippen molar-refractivity contribution in [1.29, 1.82) is 0 Å². The normalized spacial score (nSPS) is 12.9. The van der Waals surface area contributed by atoms with Crippen LogP contribution in [-0.4, -0.2) is 47.2 Å². The maximum Gasteiger partial charge on any atom is 0.230 e. The van der Waals surface area contributed by atoms with Crippen molar-refractivity contribution >= 4 is 17.7 Å². The molecule has 1 amide bonds. The molecule has 3 aromatic carbocycles. The number of rotatable bonds is 13. The number of para-hydroxylation sites is 1. The number of nitrogens with one attached hydrogen (secondary N) is 1. The molecule has 218 valence electrons. The van der Waals surface area contributed by atoms with Crippen molar-refractivity contribution < 1.29 is 19.0 Å². The van der Waals surface area contributed by atoms with E-state index in [1.54, 1.807) is 14.2 Å². The van der Waals surface area contributed by atoms with Crippen LogP contribution in [0.25, 0.3) is 5.69 Å². The molecule has 0 unspecified atom stereocenters. The minimum absolute atomic E-state index is 0.0148. The van der Waals surface area contributed by atoms with Crippen molar-refractivity contribution in [3.05, 3.63) is 95.8 Å². The van der Waals surface area contributed by atoms with Gasteiger partial charge in [0.1, 0.15) is 17.3 Å². The smallest absolute Gasteiger partial charge is 0.230 e. The van der Waals surface area contributed by atoms with Crippen LogP contribution < -0.4 is 19.5 Å². The predicted molar refractivity (Wildman–Crippen MR) is 165 cm³/mol. The second-order valence-corrected chi connectivity index (χ2v) is 10.9. The summed E-state index contributed by atoms with van der Waals surface area (Å²) in [4.78, 5) is 12.7. The van der Waals surface area contributed by atoms with Crippen LogP contribution in [0, 0.1) is 0 Å². The summed E-state index contributed by atoms with van der Waals surface area (Å²) in [6.45, 7) is 0.658. The van der Waals surface area contributed by atoms with Crippen LogP contribution in [-0.2, 0) is 11.2 Å². The summed E-state index contributed by atoms with van der Waals surface area (Å²) in [6, 6.07) is 23.3. The Morgan fingerprint density at radius 2 is 1.71 bits per heavy atom. The number of methoxy groups -OCH3 is 2. The Kier molecular flexibility index (Phi) is 10.2. The second-order valence-electron chi connectivity index (χ2n) is 10.0. The summed E-state index contributed by atoms with van der Waals surface area (Å²) < 4.78 is 18.9. The number of carbonyl (C=O) groups excluding carboxylic acids is 1.